The summed E-state index contributed by atoms with van der Waals surface area (Å²) in [6.45, 7) is 1.40. The Labute approximate surface area is 196 Å². The van der Waals surface area contributed by atoms with E-state index in [0.717, 1.165) is 30.8 Å². The first-order valence-corrected chi connectivity index (χ1v) is 11.9. The molecule has 0 N–H and O–H groups in total. The molecule has 0 spiro atoms. The van der Waals surface area contributed by atoms with Crippen LogP contribution < -0.4 is 4.90 Å². The Morgan fingerprint density at radius 3 is 2.33 bits per heavy atom. The van der Waals surface area contributed by atoms with Crippen molar-refractivity contribution in [3.63, 3.8) is 0 Å². The Morgan fingerprint density at radius 2 is 1.73 bits per heavy atom. The molecule has 33 heavy (non-hydrogen) atoms. The van der Waals surface area contributed by atoms with E-state index >= 15 is 0 Å². The average Bonchev–Trinajstić information content (AvgIpc) is 3.63. The Balaban J connectivity index is 1.39. The second-order valence-electron chi connectivity index (χ2n) is 7.72. The largest absolute Gasteiger partial charge is 0.461 e. The van der Waals surface area contributed by atoms with Gasteiger partial charge in [-0.25, -0.2) is 0 Å². The molecule has 0 unspecified atom stereocenters. The quantitative estimate of drug-likeness (QED) is 0.338. The first kappa shape index (κ1) is 21.5. The Morgan fingerprint density at radius 1 is 1.00 bits per heavy atom. The molecule has 1 fully saturated rings. The van der Waals surface area contributed by atoms with Crippen LogP contribution in [0.2, 0.25) is 0 Å². The lowest BCUT2D eigenvalue weighted by molar-refractivity contribution is -0.115. The van der Waals surface area contributed by atoms with Crippen molar-refractivity contribution in [2.75, 3.05) is 17.3 Å². The normalized spacial score (nSPS) is 15.6. The highest BCUT2D eigenvalue weighted by molar-refractivity contribution is 7.99. The first-order chi connectivity index (χ1) is 16.3. The smallest absolute Gasteiger partial charge is 0.242 e. The third-order valence-electron chi connectivity index (χ3n) is 5.47. The molecule has 8 heteroatoms. The molecule has 3 heterocycles. The van der Waals surface area contributed by atoms with Crippen LogP contribution in [0.25, 0.3) is 11.6 Å². The van der Waals surface area contributed by atoms with Crippen LogP contribution in [0.3, 0.4) is 0 Å². The summed E-state index contributed by atoms with van der Waals surface area (Å²) in [5.74, 6) is 1.47. The molecule has 168 valence electrons. The highest BCUT2D eigenvalue weighted by Gasteiger charge is 2.24. The van der Waals surface area contributed by atoms with Gasteiger partial charge in [-0.15, -0.1) is 10.2 Å². The van der Waals surface area contributed by atoms with E-state index in [4.69, 9.17) is 9.15 Å². The maximum atomic E-state index is 13.4. The molecule has 1 atom stereocenters. The van der Waals surface area contributed by atoms with E-state index in [1.807, 2.05) is 77.4 Å². The number of aromatic nitrogens is 3. The zero-order valence-corrected chi connectivity index (χ0v) is 18.9. The number of rotatable bonds is 8. The molecule has 2 aromatic heterocycles. The van der Waals surface area contributed by atoms with Gasteiger partial charge in [-0.3, -0.25) is 14.3 Å². The average molecular weight is 461 g/mol. The van der Waals surface area contributed by atoms with Crippen molar-refractivity contribution in [2.24, 2.45) is 0 Å². The van der Waals surface area contributed by atoms with Gasteiger partial charge in [-0.05, 0) is 49.2 Å². The molecule has 0 aliphatic carbocycles. The molecule has 1 amide bonds. The molecule has 7 nitrogen and oxygen atoms in total. The molecule has 4 aromatic rings. The summed E-state index contributed by atoms with van der Waals surface area (Å²) in [6.07, 6.45) is 3.77. The van der Waals surface area contributed by atoms with E-state index in [0.29, 0.717) is 23.3 Å². The van der Waals surface area contributed by atoms with E-state index in [1.165, 1.54) is 11.8 Å². The summed E-state index contributed by atoms with van der Waals surface area (Å²) in [7, 11) is 0. The monoisotopic (exact) mass is 460 g/mol. The number of ether oxygens (including phenoxy) is 1. The number of thioether (sulfide) groups is 1. The fourth-order valence-corrected chi connectivity index (χ4v) is 4.72. The fraction of sp³-hybridized carbons (Fsp3) is 0.240. The van der Waals surface area contributed by atoms with Gasteiger partial charge in [-0.2, -0.15) is 0 Å². The summed E-state index contributed by atoms with van der Waals surface area (Å²) >= 11 is 1.38. The van der Waals surface area contributed by atoms with E-state index in [-0.39, 0.29) is 17.8 Å². The third-order valence-corrected chi connectivity index (χ3v) is 6.42. The van der Waals surface area contributed by atoms with Gasteiger partial charge in [0.25, 0.3) is 0 Å². The highest BCUT2D eigenvalue weighted by atomic mass is 32.2. The number of nitrogens with zero attached hydrogens (tertiary/aromatic N) is 4. The number of hydrogen-bond acceptors (Lipinski definition) is 6. The minimum Gasteiger partial charge on any atom is -0.461 e. The van der Waals surface area contributed by atoms with E-state index in [1.54, 1.807) is 11.2 Å². The number of furan rings is 1. The van der Waals surface area contributed by atoms with Crippen molar-refractivity contribution in [2.45, 2.75) is 30.6 Å². The summed E-state index contributed by atoms with van der Waals surface area (Å²) in [5, 5.41) is 9.41. The van der Waals surface area contributed by atoms with Crippen LogP contribution in [-0.2, 0) is 16.1 Å². The van der Waals surface area contributed by atoms with Gasteiger partial charge in [0.15, 0.2) is 10.9 Å². The Bertz CT molecular complexity index is 1130. The van der Waals surface area contributed by atoms with Gasteiger partial charge in [-0.1, -0.05) is 48.2 Å². The van der Waals surface area contributed by atoms with Crippen molar-refractivity contribution >= 4 is 29.0 Å². The topological polar surface area (TPSA) is 73.4 Å². The van der Waals surface area contributed by atoms with Gasteiger partial charge >= 0.3 is 0 Å². The third kappa shape index (κ3) is 4.86. The number of amides is 1. The zero-order valence-electron chi connectivity index (χ0n) is 18.0. The Kier molecular flexibility index (Phi) is 6.55. The van der Waals surface area contributed by atoms with Crippen molar-refractivity contribution in [1.82, 2.24) is 14.8 Å². The fourth-order valence-electron chi connectivity index (χ4n) is 3.92. The van der Waals surface area contributed by atoms with Crippen LogP contribution in [0.15, 0.2) is 88.6 Å². The number of para-hydroxylation sites is 2. The van der Waals surface area contributed by atoms with E-state index in [9.17, 15) is 4.79 Å². The molecule has 0 bridgehead atoms. The number of carbonyl (C=O) groups excluding carboxylic acids is 1. The summed E-state index contributed by atoms with van der Waals surface area (Å²) < 4.78 is 13.4. The van der Waals surface area contributed by atoms with Gasteiger partial charge < -0.3 is 9.15 Å². The second kappa shape index (κ2) is 10.1. The van der Waals surface area contributed by atoms with Crippen molar-refractivity contribution in [3.05, 3.63) is 79.1 Å². The molecule has 0 radical (unpaired) electrons. The zero-order chi connectivity index (χ0) is 22.5. The van der Waals surface area contributed by atoms with Crippen molar-refractivity contribution in [3.8, 4) is 11.6 Å². The second-order valence-corrected chi connectivity index (χ2v) is 8.66. The van der Waals surface area contributed by atoms with Crippen LogP contribution >= 0.6 is 11.8 Å². The molecular formula is C25H24N4O3S. The number of anilines is 2. The van der Waals surface area contributed by atoms with E-state index in [2.05, 4.69) is 10.2 Å². The number of carbonyl (C=O) groups is 1. The van der Waals surface area contributed by atoms with Crippen LogP contribution in [-0.4, -0.2) is 39.1 Å². The molecule has 2 aromatic carbocycles. The predicted molar refractivity (Wildman–Crippen MR) is 127 cm³/mol. The Hall–Kier alpha value is -3.36. The SMILES string of the molecule is O=C(CSc1nnc(-c2ccco2)n1C[C@@H]1CCCO1)N(c1ccccc1)c1ccccc1. The van der Waals surface area contributed by atoms with Gasteiger partial charge in [0.1, 0.15) is 0 Å². The lowest BCUT2D eigenvalue weighted by atomic mass is 10.2. The lowest BCUT2D eigenvalue weighted by Gasteiger charge is -2.23. The highest BCUT2D eigenvalue weighted by Crippen LogP contribution is 2.30. The maximum Gasteiger partial charge on any atom is 0.242 e. The predicted octanol–water partition coefficient (Wildman–Crippen LogP) is 5.17. The number of hydrogen-bond donors (Lipinski definition) is 0. The molecule has 0 saturated carbocycles. The van der Waals surface area contributed by atoms with Crippen LogP contribution in [0.1, 0.15) is 12.8 Å². The first-order valence-electron chi connectivity index (χ1n) is 10.9. The molecule has 1 aliphatic heterocycles. The molecule has 1 saturated heterocycles. The van der Waals surface area contributed by atoms with Crippen LogP contribution in [0.5, 0.6) is 0 Å². The van der Waals surface area contributed by atoms with Crippen LogP contribution in [0.4, 0.5) is 11.4 Å². The number of benzene rings is 2. The summed E-state index contributed by atoms with van der Waals surface area (Å²) in [5.41, 5.74) is 1.65. The van der Waals surface area contributed by atoms with Crippen LogP contribution in [0, 0.1) is 0 Å². The minimum atomic E-state index is -0.0383. The lowest BCUT2D eigenvalue weighted by Crippen LogP contribution is -2.27. The minimum absolute atomic E-state index is 0.0383. The van der Waals surface area contributed by atoms with Crippen molar-refractivity contribution < 1.29 is 13.9 Å². The van der Waals surface area contributed by atoms with E-state index < -0.39 is 0 Å². The molecule has 1 aliphatic rings. The van der Waals surface area contributed by atoms with Gasteiger partial charge in [0.05, 0.1) is 24.7 Å². The van der Waals surface area contributed by atoms with Gasteiger partial charge in [0.2, 0.25) is 11.7 Å². The molecular weight excluding hydrogens is 436 g/mol. The maximum absolute atomic E-state index is 13.4. The van der Waals surface area contributed by atoms with Gasteiger partial charge in [0, 0.05) is 18.0 Å². The summed E-state index contributed by atoms with van der Waals surface area (Å²) in [4.78, 5) is 15.2. The van der Waals surface area contributed by atoms with Crippen molar-refractivity contribution in [1.29, 1.82) is 0 Å². The molecule has 5 rings (SSSR count). The standard InChI is InChI=1S/C25H24N4O3S/c30-23(29(19-9-3-1-4-10-19)20-11-5-2-6-12-20)18-33-25-27-26-24(22-14-8-16-32-22)28(25)17-21-13-7-15-31-21/h1-6,8-12,14,16,21H,7,13,15,17-18H2/t21-/m0/s1. The summed E-state index contributed by atoms with van der Waals surface area (Å²) in [6, 6.07) is 23.0.